The fraction of sp³-hybridized carbons (Fsp3) is 0.524. The van der Waals surface area contributed by atoms with Crippen molar-refractivity contribution in [3.05, 3.63) is 46.2 Å². The number of piperidine rings is 1. The Morgan fingerprint density at radius 2 is 1.93 bits per heavy atom. The molecule has 0 atom stereocenters. The molecule has 1 aliphatic heterocycles. The third-order valence-corrected chi connectivity index (χ3v) is 5.95. The largest absolute Gasteiger partial charge is 0.465 e. The van der Waals surface area contributed by atoms with Gasteiger partial charge in [-0.15, -0.1) is 0 Å². The van der Waals surface area contributed by atoms with E-state index in [1.165, 1.54) is 25.9 Å². The zero-order valence-electron chi connectivity index (χ0n) is 16.3. The number of likely N-dealkylation sites (tertiary alicyclic amines) is 1. The topological polar surface area (TPSA) is 47.4 Å². The first-order valence-electron chi connectivity index (χ1n) is 9.64. The van der Waals surface area contributed by atoms with E-state index in [4.69, 9.17) is 4.74 Å². The van der Waals surface area contributed by atoms with Crippen molar-refractivity contribution in [3.8, 4) is 6.01 Å². The molecule has 0 aliphatic carbocycles. The number of carbonyl (C=O) groups excluding carboxylic acids is 1. The first-order chi connectivity index (χ1) is 13.0. The number of rotatable bonds is 7. The summed E-state index contributed by atoms with van der Waals surface area (Å²) in [7, 11) is 1.83. The molecule has 2 heterocycles. The van der Waals surface area contributed by atoms with Crippen molar-refractivity contribution in [2.24, 2.45) is 13.0 Å². The van der Waals surface area contributed by atoms with E-state index in [1.54, 1.807) is 10.8 Å². The van der Waals surface area contributed by atoms with Gasteiger partial charge in [0.25, 0.3) is 6.01 Å². The SMILES string of the molecule is CC(C)N1CCC(CCOc2ncc(C(=O)c3ccc(Br)cc3)n2C)CC1. The van der Waals surface area contributed by atoms with E-state index in [0.29, 0.717) is 35.8 Å². The summed E-state index contributed by atoms with van der Waals surface area (Å²) in [6, 6.07) is 8.50. The van der Waals surface area contributed by atoms with E-state index in [0.717, 1.165) is 10.9 Å². The molecule has 2 aromatic rings. The lowest BCUT2D eigenvalue weighted by Gasteiger charge is -2.34. The maximum Gasteiger partial charge on any atom is 0.296 e. The highest BCUT2D eigenvalue weighted by Gasteiger charge is 2.21. The zero-order valence-corrected chi connectivity index (χ0v) is 17.9. The lowest BCUT2D eigenvalue weighted by Crippen LogP contribution is -2.38. The first kappa shape index (κ1) is 20.1. The van der Waals surface area contributed by atoms with E-state index < -0.39 is 0 Å². The van der Waals surface area contributed by atoms with Crippen LogP contribution in [0.1, 0.15) is 49.2 Å². The van der Waals surface area contributed by atoms with Crippen LogP contribution in [0.5, 0.6) is 6.01 Å². The number of benzene rings is 1. The fourth-order valence-corrected chi connectivity index (χ4v) is 3.83. The van der Waals surface area contributed by atoms with E-state index in [9.17, 15) is 4.79 Å². The van der Waals surface area contributed by atoms with Crippen molar-refractivity contribution in [2.45, 2.75) is 39.2 Å². The van der Waals surface area contributed by atoms with Crippen LogP contribution in [-0.4, -0.2) is 46.0 Å². The maximum absolute atomic E-state index is 12.7. The fourth-order valence-electron chi connectivity index (χ4n) is 3.56. The van der Waals surface area contributed by atoms with Gasteiger partial charge in [-0.1, -0.05) is 15.9 Å². The number of nitrogens with zero attached hydrogens (tertiary/aromatic N) is 3. The van der Waals surface area contributed by atoms with Crippen LogP contribution in [0.15, 0.2) is 34.9 Å². The molecule has 0 spiro atoms. The number of halogens is 1. The summed E-state index contributed by atoms with van der Waals surface area (Å²) < 4.78 is 8.57. The summed E-state index contributed by atoms with van der Waals surface area (Å²) in [6.45, 7) is 7.52. The molecule has 1 aliphatic rings. The Morgan fingerprint density at radius 3 is 2.56 bits per heavy atom. The van der Waals surface area contributed by atoms with Gasteiger partial charge in [-0.2, -0.15) is 0 Å². The number of carbonyl (C=O) groups is 1. The average molecular weight is 434 g/mol. The van der Waals surface area contributed by atoms with E-state index in [1.807, 2.05) is 31.3 Å². The van der Waals surface area contributed by atoms with Crippen LogP contribution in [-0.2, 0) is 7.05 Å². The maximum atomic E-state index is 12.7. The third-order valence-electron chi connectivity index (χ3n) is 5.42. The summed E-state index contributed by atoms with van der Waals surface area (Å²) in [5, 5.41) is 0. The lowest BCUT2D eigenvalue weighted by molar-refractivity contribution is 0.102. The second-order valence-electron chi connectivity index (χ2n) is 7.53. The van der Waals surface area contributed by atoms with Crippen LogP contribution >= 0.6 is 15.9 Å². The second-order valence-corrected chi connectivity index (χ2v) is 8.45. The van der Waals surface area contributed by atoms with Gasteiger partial charge in [0.15, 0.2) is 0 Å². The number of aromatic nitrogens is 2. The summed E-state index contributed by atoms with van der Waals surface area (Å²) >= 11 is 3.39. The van der Waals surface area contributed by atoms with Gasteiger partial charge < -0.3 is 9.64 Å². The smallest absolute Gasteiger partial charge is 0.296 e. The first-order valence-corrected chi connectivity index (χ1v) is 10.4. The minimum absolute atomic E-state index is 0.0478. The van der Waals surface area contributed by atoms with Gasteiger partial charge in [-0.25, -0.2) is 4.98 Å². The second kappa shape index (κ2) is 9.02. The molecule has 3 rings (SSSR count). The molecule has 0 bridgehead atoms. The minimum Gasteiger partial charge on any atom is -0.465 e. The van der Waals surface area contributed by atoms with Crippen LogP contribution in [0.4, 0.5) is 0 Å². The molecule has 5 nitrogen and oxygen atoms in total. The number of hydrogen-bond acceptors (Lipinski definition) is 4. The summed E-state index contributed by atoms with van der Waals surface area (Å²) in [5.74, 6) is 0.664. The van der Waals surface area contributed by atoms with Crippen molar-refractivity contribution in [1.82, 2.24) is 14.5 Å². The Morgan fingerprint density at radius 1 is 1.26 bits per heavy atom. The molecule has 1 aromatic heterocycles. The van der Waals surface area contributed by atoms with Gasteiger partial charge in [-0.3, -0.25) is 9.36 Å². The van der Waals surface area contributed by atoms with Gasteiger partial charge in [0, 0.05) is 23.1 Å². The molecule has 0 saturated carbocycles. The lowest BCUT2D eigenvalue weighted by atomic mass is 9.93. The third kappa shape index (κ3) is 4.99. The number of hydrogen-bond donors (Lipinski definition) is 0. The van der Waals surface area contributed by atoms with Crippen molar-refractivity contribution < 1.29 is 9.53 Å². The molecule has 1 fully saturated rings. The van der Waals surface area contributed by atoms with Gasteiger partial charge in [0.05, 0.1) is 12.8 Å². The Labute approximate surface area is 169 Å². The Hall–Kier alpha value is -1.66. The molecule has 1 saturated heterocycles. The van der Waals surface area contributed by atoms with Gasteiger partial charge in [0.1, 0.15) is 5.69 Å². The molecule has 146 valence electrons. The van der Waals surface area contributed by atoms with Crippen molar-refractivity contribution in [2.75, 3.05) is 19.7 Å². The van der Waals surface area contributed by atoms with Crippen LogP contribution in [0, 0.1) is 5.92 Å². The van der Waals surface area contributed by atoms with Crippen molar-refractivity contribution in [3.63, 3.8) is 0 Å². The Bertz CT molecular complexity index is 762. The van der Waals surface area contributed by atoms with E-state index in [-0.39, 0.29) is 5.78 Å². The highest BCUT2D eigenvalue weighted by molar-refractivity contribution is 9.10. The van der Waals surface area contributed by atoms with E-state index >= 15 is 0 Å². The highest BCUT2D eigenvalue weighted by Crippen LogP contribution is 2.23. The number of ketones is 1. The quantitative estimate of drug-likeness (QED) is 0.610. The molecule has 6 heteroatoms. The normalized spacial score (nSPS) is 16.0. The number of imidazole rings is 1. The predicted molar refractivity (Wildman–Crippen MR) is 110 cm³/mol. The minimum atomic E-state index is -0.0478. The van der Waals surface area contributed by atoms with Crippen molar-refractivity contribution in [1.29, 1.82) is 0 Å². The Kier molecular flexibility index (Phi) is 6.71. The van der Waals surface area contributed by atoms with Crippen LogP contribution in [0.3, 0.4) is 0 Å². The molecule has 0 N–H and O–H groups in total. The standard InChI is InChI=1S/C21H28BrN3O2/c1-15(2)25-11-8-16(9-12-25)10-13-27-21-23-14-19(24(21)3)20(26)17-4-6-18(22)7-5-17/h4-7,14-16H,8-13H2,1-3H3. The van der Waals surface area contributed by atoms with Crippen molar-refractivity contribution >= 4 is 21.7 Å². The molecule has 1 aromatic carbocycles. The summed E-state index contributed by atoms with van der Waals surface area (Å²) in [5.41, 5.74) is 1.18. The van der Waals surface area contributed by atoms with Crippen LogP contribution in [0.25, 0.3) is 0 Å². The van der Waals surface area contributed by atoms with E-state index in [2.05, 4.69) is 39.7 Å². The molecule has 0 unspecified atom stereocenters. The molecule has 0 amide bonds. The highest BCUT2D eigenvalue weighted by atomic mass is 79.9. The van der Waals surface area contributed by atoms with Gasteiger partial charge in [-0.05, 0) is 76.4 Å². The van der Waals surface area contributed by atoms with Gasteiger partial charge in [0.2, 0.25) is 5.78 Å². The van der Waals surface area contributed by atoms with Crippen LogP contribution in [0.2, 0.25) is 0 Å². The van der Waals surface area contributed by atoms with Crippen LogP contribution < -0.4 is 4.74 Å². The van der Waals surface area contributed by atoms with Gasteiger partial charge >= 0.3 is 0 Å². The molecule has 27 heavy (non-hydrogen) atoms. The molecule has 0 radical (unpaired) electrons. The molecular formula is C21H28BrN3O2. The summed E-state index contributed by atoms with van der Waals surface area (Å²) in [4.78, 5) is 19.5. The zero-order chi connectivity index (χ0) is 19.4. The monoisotopic (exact) mass is 433 g/mol. The number of ether oxygens (including phenoxy) is 1. The Balaban J connectivity index is 1.52. The molecular weight excluding hydrogens is 406 g/mol. The summed E-state index contributed by atoms with van der Waals surface area (Å²) in [6.07, 6.45) is 5.10. The predicted octanol–water partition coefficient (Wildman–Crippen LogP) is 4.30. The average Bonchev–Trinajstić information content (AvgIpc) is 3.03.